The molecule has 1 N–H and O–H groups in total. The first kappa shape index (κ1) is 23.1. The molecule has 0 fully saturated rings. The van der Waals surface area contributed by atoms with E-state index < -0.39 is 0 Å². The lowest BCUT2D eigenvalue weighted by Gasteiger charge is -2.22. The molecule has 0 radical (unpaired) electrons. The molecular formula is C31H32N2O2. The van der Waals surface area contributed by atoms with Gasteiger partial charge in [0, 0.05) is 22.3 Å². The van der Waals surface area contributed by atoms with Gasteiger partial charge in [0.05, 0.1) is 18.5 Å². The SMILES string of the molecule is CC1=Nc2ccc3ccc(O)cc3c2C1(C)C.COc1ccc2ccc3c(c2c1)C(C)(C)C(C)=N3. The van der Waals surface area contributed by atoms with Gasteiger partial charge in [-0.05, 0) is 82.9 Å². The summed E-state index contributed by atoms with van der Waals surface area (Å²) in [6, 6.07) is 20.1. The molecule has 4 nitrogen and oxygen atoms in total. The van der Waals surface area contributed by atoms with Crippen LogP contribution in [0.2, 0.25) is 0 Å². The van der Waals surface area contributed by atoms with Gasteiger partial charge in [-0.15, -0.1) is 0 Å². The molecule has 0 unspecified atom stereocenters. The number of nitrogens with zero attached hydrogens (tertiary/aromatic N) is 2. The highest BCUT2D eigenvalue weighted by Gasteiger charge is 2.34. The number of aliphatic imine (C=N–C) groups is 2. The van der Waals surface area contributed by atoms with E-state index in [1.54, 1.807) is 13.2 Å². The van der Waals surface area contributed by atoms with Crippen molar-refractivity contribution in [2.75, 3.05) is 7.11 Å². The quantitative estimate of drug-likeness (QED) is 0.309. The first-order chi connectivity index (χ1) is 16.5. The Morgan fingerprint density at radius 1 is 0.657 bits per heavy atom. The number of hydrogen-bond acceptors (Lipinski definition) is 4. The maximum absolute atomic E-state index is 9.66. The molecule has 35 heavy (non-hydrogen) atoms. The van der Waals surface area contributed by atoms with Gasteiger partial charge in [0.1, 0.15) is 11.5 Å². The van der Waals surface area contributed by atoms with Gasteiger partial charge in [-0.2, -0.15) is 0 Å². The number of rotatable bonds is 1. The lowest BCUT2D eigenvalue weighted by Crippen LogP contribution is -2.22. The molecule has 0 saturated heterocycles. The van der Waals surface area contributed by atoms with Crippen LogP contribution in [-0.2, 0) is 10.8 Å². The van der Waals surface area contributed by atoms with Crippen molar-refractivity contribution in [3.8, 4) is 11.5 Å². The summed E-state index contributed by atoms with van der Waals surface area (Å²) in [5, 5.41) is 14.4. The molecule has 4 heteroatoms. The monoisotopic (exact) mass is 464 g/mol. The minimum atomic E-state index is -0.0529. The van der Waals surface area contributed by atoms with Gasteiger partial charge in [0.2, 0.25) is 0 Å². The van der Waals surface area contributed by atoms with Gasteiger partial charge >= 0.3 is 0 Å². The van der Waals surface area contributed by atoms with Crippen LogP contribution in [0.5, 0.6) is 11.5 Å². The summed E-state index contributed by atoms with van der Waals surface area (Å²) in [7, 11) is 1.71. The molecule has 0 bridgehead atoms. The van der Waals surface area contributed by atoms with E-state index in [2.05, 4.69) is 87.9 Å². The zero-order chi connectivity index (χ0) is 25.1. The van der Waals surface area contributed by atoms with Crippen LogP contribution in [-0.4, -0.2) is 23.6 Å². The minimum Gasteiger partial charge on any atom is -0.508 e. The Bertz CT molecular complexity index is 1560. The maximum atomic E-state index is 9.66. The summed E-state index contributed by atoms with van der Waals surface area (Å²) in [5.74, 6) is 1.21. The second-order valence-electron chi connectivity index (χ2n) is 10.6. The van der Waals surface area contributed by atoms with Crippen molar-refractivity contribution in [3.05, 3.63) is 71.8 Å². The molecule has 4 aromatic rings. The number of aromatic hydroxyl groups is 1. The predicted molar refractivity (Wildman–Crippen MR) is 148 cm³/mol. The molecule has 2 aliphatic rings. The van der Waals surface area contributed by atoms with E-state index in [4.69, 9.17) is 4.74 Å². The van der Waals surface area contributed by atoms with E-state index in [-0.39, 0.29) is 10.8 Å². The summed E-state index contributed by atoms with van der Waals surface area (Å²) >= 11 is 0. The van der Waals surface area contributed by atoms with E-state index in [0.29, 0.717) is 5.75 Å². The zero-order valence-electron chi connectivity index (χ0n) is 21.5. The molecule has 0 spiro atoms. The molecule has 0 amide bonds. The van der Waals surface area contributed by atoms with Crippen molar-refractivity contribution in [2.24, 2.45) is 9.98 Å². The third-order valence-corrected chi connectivity index (χ3v) is 7.83. The fourth-order valence-electron chi connectivity index (χ4n) is 5.21. The summed E-state index contributed by atoms with van der Waals surface area (Å²) in [4.78, 5) is 9.31. The lowest BCUT2D eigenvalue weighted by atomic mass is 9.80. The highest BCUT2D eigenvalue weighted by atomic mass is 16.5. The predicted octanol–water partition coefficient (Wildman–Crippen LogP) is 8.16. The van der Waals surface area contributed by atoms with Crippen LogP contribution in [0.1, 0.15) is 52.7 Å². The summed E-state index contributed by atoms with van der Waals surface area (Å²) in [6.45, 7) is 13.0. The Balaban J connectivity index is 0.000000145. The van der Waals surface area contributed by atoms with Crippen LogP contribution in [0, 0.1) is 0 Å². The van der Waals surface area contributed by atoms with Gasteiger partial charge in [0.25, 0.3) is 0 Å². The van der Waals surface area contributed by atoms with Gasteiger partial charge < -0.3 is 9.84 Å². The zero-order valence-corrected chi connectivity index (χ0v) is 21.5. The maximum Gasteiger partial charge on any atom is 0.119 e. The smallest absolute Gasteiger partial charge is 0.119 e. The third kappa shape index (κ3) is 3.59. The Morgan fingerprint density at radius 2 is 1.11 bits per heavy atom. The van der Waals surface area contributed by atoms with Crippen LogP contribution in [0.3, 0.4) is 0 Å². The Labute approximate surface area is 207 Å². The van der Waals surface area contributed by atoms with Gasteiger partial charge in [0.15, 0.2) is 0 Å². The highest BCUT2D eigenvalue weighted by molar-refractivity contribution is 6.07. The fourth-order valence-corrected chi connectivity index (χ4v) is 5.21. The molecule has 2 aliphatic heterocycles. The topological polar surface area (TPSA) is 54.2 Å². The molecule has 0 saturated carbocycles. The molecule has 0 atom stereocenters. The van der Waals surface area contributed by atoms with Crippen molar-refractivity contribution in [1.82, 2.24) is 0 Å². The van der Waals surface area contributed by atoms with Crippen molar-refractivity contribution >= 4 is 44.3 Å². The average Bonchev–Trinajstić information content (AvgIpc) is 3.21. The summed E-state index contributed by atoms with van der Waals surface area (Å²) in [5.41, 5.74) is 6.92. The Hall–Kier alpha value is -3.66. The summed E-state index contributed by atoms with van der Waals surface area (Å²) < 4.78 is 5.34. The van der Waals surface area contributed by atoms with E-state index in [1.165, 1.54) is 27.6 Å². The molecule has 6 rings (SSSR count). The standard InChI is InChI=1S/C16H17NO.C15H15NO/c1-10-16(2,3)15-13-9-12(18-4)7-5-11(13)6-8-14(15)17-10;1-9-15(2,3)14-12-8-11(17)6-4-10(12)5-7-13(14)16-9/h5-9H,1-4H3;4-8,17H,1-3H3. The van der Waals surface area contributed by atoms with Gasteiger partial charge in [-0.3, -0.25) is 9.98 Å². The Kier molecular flexibility index (Phi) is 5.24. The van der Waals surface area contributed by atoms with Crippen molar-refractivity contribution < 1.29 is 9.84 Å². The summed E-state index contributed by atoms with van der Waals surface area (Å²) in [6.07, 6.45) is 0. The normalized spacial score (nSPS) is 16.8. The van der Waals surface area contributed by atoms with E-state index in [9.17, 15) is 5.11 Å². The van der Waals surface area contributed by atoms with Gasteiger partial charge in [-0.25, -0.2) is 0 Å². The van der Waals surface area contributed by atoms with Crippen LogP contribution in [0.25, 0.3) is 21.5 Å². The Morgan fingerprint density at radius 3 is 1.63 bits per heavy atom. The number of hydrogen-bond donors (Lipinski definition) is 1. The first-order valence-electron chi connectivity index (χ1n) is 12.0. The number of ether oxygens (including phenoxy) is 1. The molecule has 178 valence electrons. The molecule has 2 heterocycles. The van der Waals surface area contributed by atoms with Crippen molar-refractivity contribution in [2.45, 2.75) is 52.4 Å². The molecule has 0 aliphatic carbocycles. The van der Waals surface area contributed by atoms with Crippen LogP contribution in [0.4, 0.5) is 11.4 Å². The van der Waals surface area contributed by atoms with E-state index in [0.717, 1.165) is 33.6 Å². The second kappa shape index (κ2) is 7.94. The highest BCUT2D eigenvalue weighted by Crippen LogP contribution is 2.45. The number of methoxy groups -OCH3 is 1. The van der Waals surface area contributed by atoms with Crippen LogP contribution >= 0.6 is 0 Å². The first-order valence-corrected chi connectivity index (χ1v) is 12.0. The molecular weight excluding hydrogens is 432 g/mol. The lowest BCUT2D eigenvalue weighted by molar-refractivity contribution is 0.415. The van der Waals surface area contributed by atoms with Crippen LogP contribution < -0.4 is 4.74 Å². The molecule has 4 aromatic carbocycles. The molecule has 0 aromatic heterocycles. The number of fused-ring (bicyclic) bond motifs is 6. The fraction of sp³-hybridized carbons (Fsp3) is 0.290. The largest absolute Gasteiger partial charge is 0.508 e. The number of benzene rings is 4. The van der Waals surface area contributed by atoms with E-state index >= 15 is 0 Å². The van der Waals surface area contributed by atoms with E-state index in [1.807, 2.05) is 18.2 Å². The second-order valence-corrected chi connectivity index (χ2v) is 10.6. The minimum absolute atomic E-state index is 0.00120. The average molecular weight is 465 g/mol. The van der Waals surface area contributed by atoms with Crippen LogP contribution in [0.15, 0.2) is 70.6 Å². The van der Waals surface area contributed by atoms with Crippen molar-refractivity contribution in [3.63, 3.8) is 0 Å². The number of phenolic OH excluding ortho intramolecular Hbond substituents is 1. The third-order valence-electron chi connectivity index (χ3n) is 7.83. The van der Waals surface area contributed by atoms with Gasteiger partial charge in [-0.1, -0.05) is 52.0 Å². The van der Waals surface area contributed by atoms with Crippen molar-refractivity contribution in [1.29, 1.82) is 0 Å². The number of phenols is 1.